The van der Waals surface area contributed by atoms with Gasteiger partial charge in [0.15, 0.2) is 5.78 Å². The number of rotatable bonds is 12. The average Bonchev–Trinajstić information content (AvgIpc) is 2.82. The SMILES string of the molecule is CCCCCCCC(=O)OC1(OO)c2ccccc2C(=O)c2cc(CCCCC)ccc21. The van der Waals surface area contributed by atoms with Crippen molar-refractivity contribution in [3.05, 3.63) is 70.3 Å². The van der Waals surface area contributed by atoms with Crippen LogP contribution in [0.2, 0.25) is 0 Å². The number of ketones is 1. The van der Waals surface area contributed by atoms with Crippen LogP contribution in [-0.4, -0.2) is 17.0 Å². The molecule has 1 aliphatic carbocycles. The largest absolute Gasteiger partial charge is 0.421 e. The van der Waals surface area contributed by atoms with Crippen LogP contribution in [0.3, 0.4) is 0 Å². The lowest BCUT2D eigenvalue weighted by Gasteiger charge is -2.36. The maximum Gasteiger partial charge on any atom is 0.308 e. The van der Waals surface area contributed by atoms with Crippen molar-refractivity contribution in [2.24, 2.45) is 0 Å². The van der Waals surface area contributed by atoms with E-state index in [9.17, 15) is 14.8 Å². The first kappa shape index (κ1) is 24.1. The molecular formula is C27H34O5. The van der Waals surface area contributed by atoms with Crippen molar-refractivity contribution in [3.8, 4) is 0 Å². The molecule has 0 aromatic heterocycles. The van der Waals surface area contributed by atoms with E-state index in [0.29, 0.717) is 28.7 Å². The highest BCUT2D eigenvalue weighted by Gasteiger charge is 2.49. The summed E-state index contributed by atoms with van der Waals surface area (Å²) < 4.78 is 5.81. The van der Waals surface area contributed by atoms with E-state index in [1.54, 1.807) is 30.3 Å². The normalized spacial score (nSPS) is 17.0. The smallest absolute Gasteiger partial charge is 0.308 e. The minimum atomic E-state index is -1.84. The molecule has 3 rings (SSSR count). The Balaban J connectivity index is 1.92. The van der Waals surface area contributed by atoms with Crippen molar-refractivity contribution in [2.45, 2.75) is 83.8 Å². The van der Waals surface area contributed by atoms with Gasteiger partial charge in [0.2, 0.25) is 0 Å². The van der Waals surface area contributed by atoms with E-state index in [-0.39, 0.29) is 12.2 Å². The van der Waals surface area contributed by atoms with Crippen LogP contribution in [0.4, 0.5) is 0 Å². The van der Waals surface area contributed by atoms with Gasteiger partial charge < -0.3 is 4.74 Å². The molecule has 0 saturated heterocycles. The van der Waals surface area contributed by atoms with Crippen LogP contribution in [0.15, 0.2) is 42.5 Å². The van der Waals surface area contributed by atoms with E-state index in [1.807, 2.05) is 12.1 Å². The molecule has 0 aliphatic heterocycles. The maximum atomic E-state index is 13.3. The molecule has 1 unspecified atom stereocenters. The topological polar surface area (TPSA) is 72.8 Å². The predicted molar refractivity (Wildman–Crippen MR) is 124 cm³/mol. The fourth-order valence-corrected chi connectivity index (χ4v) is 4.37. The van der Waals surface area contributed by atoms with Gasteiger partial charge in [-0.1, -0.05) is 88.8 Å². The van der Waals surface area contributed by atoms with Crippen LogP contribution in [0.5, 0.6) is 0 Å². The zero-order valence-electron chi connectivity index (χ0n) is 19.2. The van der Waals surface area contributed by atoms with Crippen LogP contribution in [0.25, 0.3) is 0 Å². The van der Waals surface area contributed by atoms with Gasteiger partial charge >= 0.3 is 5.97 Å². The summed E-state index contributed by atoms with van der Waals surface area (Å²) in [7, 11) is 0. The minimum Gasteiger partial charge on any atom is -0.421 e. The zero-order valence-corrected chi connectivity index (χ0v) is 19.2. The molecule has 0 bridgehead atoms. The van der Waals surface area contributed by atoms with Gasteiger partial charge in [0.1, 0.15) is 0 Å². The highest BCUT2D eigenvalue weighted by molar-refractivity contribution is 6.13. The third-order valence-corrected chi connectivity index (χ3v) is 6.15. The molecule has 1 atom stereocenters. The molecule has 2 aromatic carbocycles. The van der Waals surface area contributed by atoms with Gasteiger partial charge in [0, 0.05) is 28.7 Å². The Morgan fingerprint density at radius 3 is 2.31 bits per heavy atom. The molecule has 0 spiro atoms. The molecule has 5 nitrogen and oxygen atoms in total. The first-order valence-corrected chi connectivity index (χ1v) is 11.9. The average molecular weight is 439 g/mol. The lowest BCUT2D eigenvalue weighted by atomic mass is 9.79. The monoisotopic (exact) mass is 438 g/mol. The van der Waals surface area contributed by atoms with Gasteiger partial charge in [0.05, 0.1) is 0 Å². The van der Waals surface area contributed by atoms with Crippen molar-refractivity contribution in [2.75, 3.05) is 0 Å². The van der Waals surface area contributed by atoms with E-state index in [2.05, 4.69) is 13.8 Å². The molecular weight excluding hydrogens is 404 g/mol. The molecule has 0 amide bonds. The van der Waals surface area contributed by atoms with E-state index in [4.69, 9.17) is 9.62 Å². The van der Waals surface area contributed by atoms with Crippen molar-refractivity contribution in [3.63, 3.8) is 0 Å². The Morgan fingerprint density at radius 2 is 1.56 bits per heavy atom. The third-order valence-electron chi connectivity index (χ3n) is 6.15. The Morgan fingerprint density at radius 1 is 0.875 bits per heavy atom. The fourth-order valence-electron chi connectivity index (χ4n) is 4.37. The van der Waals surface area contributed by atoms with Gasteiger partial charge in [-0.15, -0.1) is 0 Å². The van der Waals surface area contributed by atoms with Gasteiger partial charge in [-0.05, 0) is 30.9 Å². The molecule has 32 heavy (non-hydrogen) atoms. The second kappa shape index (κ2) is 11.4. The van der Waals surface area contributed by atoms with Crippen molar-refractivity contribution in [1.82, 2.24) is 0 Å². The van der Waals surface area contributed by atoms with Crippen molar-refractivity contribution in [1.29, 1.82) is 0 Å². The van der Waals surface area contributed by atoms with Crippen molar-refractivity contribution >= 4 is 11.8 Å². The fraction of sp³-hybridized carbons (Fsp3) is 0.481. The first-order valence-electron chi connectivity index (χ1n) is 11.9. The number of ether oxygens (including phenoxy) is 1. The quantitative estimate of drug-likeness (QED) is 0.134. The second-order valence-electron chi connectivity index (χ2n) is 8.56. The van der Waals surface area contributed by atoms with E-state index in [1.165, 1.54) is 0 Å². The number of carbonyl (C=O) groups is 2. The van der Waals surface area contributed by atoms with Gasteiger partial charge in [0.25, 0.3) is 5.79 Å². The predicted octanol–water partition coefficient (Wildman–Crippen LogP) is 6.56. The number of fused-ring (bicyclic) bond motifs is 2. The first-order chi connectivity index (χ1) is 15.6. The van der Waals surface area contributed by atoms with Crippen LogP contribution < -0.4 is 0 Å². The molecule has 0 saturated carbocycles. The highest BCUT2D eigenvalue weighted by Crippen LogP contribution is 2.44. The molecule has 0 heterocycles. The summed E-state index contributed by atoms with van der Waals surface area (Å²) in [6, 6.07) is 12.3. The number of aryl methyl sites for hydroxylation is 1. The van der Waals surface area contributed by atoms with Crippen LogP contribution >= 0.6 is 0 Å². The van der Waals surface area contributed by atoms with Gasteiger partial charge in [-0.25, -0.2) is 5.26 Å². The Labute approximate surface area is 190 Å². The lowest BCUT2D eigenvalue weighted by Crippen LogP contribution is -2.41. The summed E-state index contributed by atoms with van der Waals surface area (Å²) in [4.78, 5) is 31.0. The Hall–Kier alpha value is -2.50. The minimum absolute atomic E-state index is 0.156. The standard InChI is InChI=1S/C27H34O5/c1-3-5-7-8-10-16-25(28)31-27(32-30)23-15-12-11-14-21(23)26(29)22-19-20(13-9-6-4-2)17-18-24(22)27/h11-12,14-15,17-19,30H,3-10,13,16H2,1-2H3. The summed E-state index contributed by atoms with van der Waals surface area (Å²) >= 11 is 0. The second-order valence-corrected chi connectivity index (χ2v) is 8.56. The number of carbonyl (C=O) groups excluding carboxylic acids is 2. The van der Waals surface area contributed by atoms with Gasteiger partial charge in [-0.3, -0.25) is 9.59 Å². The number of unbranched alkanes of at least 4 members (excludes halogenated alkanes) is 6. The number of hydrogen-bond donors (Lipinski definition) is 1. The Bertz CT molecular complexity index is 935. The third kappa shape index (κ3) is 5.11. The molecule has 0 fully saturated rings. The summed E-state index contributed by atoms with van der Waals surface area (Å²) in [5.41, 5.74) is 2.53. The zero-order chi connectivity index (χ0) is 23.0. The van der Waals surface area contributed by atoms with Crippen molar-refractivity contribution < 1.29 is 24.5 Å². The molecule has 5 heteroatoms. The van der Waals surface area contributed by atoms with E-state index in [0.717, 1.165) is 56.9 Å². The molecule has 0 radical (unpaired) electrons. The van der Waals surface area contributed by atoms with E-state index >= 15 is 0 Å². The molecule has 172 valence electrons. The van der Waals surface area contributed by atoms with Crippen LogP contribution in [-0.2, 0) is 26.6 Å². The molecule has 2 aromatic rings. The summed E-state index contributed by atoms with van der Waals surface area (Å²) in [5.74, 6) is -2.46. The van der Waals surface area contributed by atoms with Crippen LogP contribution in [0.1, 0.15) is 104 Å². The molecule has 1 N–H and O–H groups in total. The lowest BCUT2D eigenvalue weighted by molar-refractivity contribution is -0.384. The number of hydrogen-bond acceptors (Lipinski definition) is 5. The van der Waals surface area contributed by atoms with E-state index < -0.39 is 11.8 Å². The van der Waals surface area contributed by atoms with Crippen LogP contribution in [0, 0.1) is 0 Å². The molecule has 1 aliphatic rings. The summed E-state index contributed by atoms with van der Waals surface area (Å²) in [6.45, 7) is 4.30. The number of esters is 1. The number of benzene rings is 2. The highest BCUT2D eigenvalue weighted by atomic mass is 17.1. The summed E-state index contributed by atoms with van der Waals surface area (Å²) in [5, 5.41) is 10.1. The summed E-state index contributed by atoms with van der Waals surface area (Å²) in [6.07, 6.45) is 9.38. The maximum absolute atomic E-state index is 13.3. The van der Waals surface area contributed by atoms with Gasteiger partial charge in [-0.2, -0.15) is 4.89 Å². The Kier molecular flexibility index (Phi) is 8.60.